The molecule has 1 saturated carbocycles. The summed E-state index contributed by atoms with van der Waals surface area (Å²) in [5.74, 6) is 1.02. The summed E-state index contributed by atoms with van der Waals surface area (Å²) in [5.41, 5.74) is 1.22. The zero-order valence-corrected chi connectivity index (χ0v) is 23.7. The molecule has 1 aromatic rings. The molecular weight excluding hydrogens is 504 g/mol. The maximum absolute atomic E-state index is 13.7. The van der Waals surface area contributed by atoms with Crippen LogP contribution in [0.5, 0.6) is 0 Å². The van der Waals surface area contributed by atoms with Gasteiger partial charge in [0.1, 0.15) is 11.4 Å². The summed E-state index contributed by atoms with van der Waals surface area (Å²) < 4.78 is 5.49. The Morgan fingerprint density at radius 3 is 2.58 bits per heavy atom. The van der Waals surface area contributed by atoms with Crippen LogP contribution < -0.4 is 4.90 Å². The summed E-state index contributed by atoms with van der Waals surface area (Å²) in [6.45, 7) is 9.00. The second-order valence-electron chi connectivity index (χ2n) is 12.5. The molecule has 0 bridgehead atoms. The van der Waals surface area contributed by atoms with Crippen molar-refractivity contribution in [3.8, 4) is 0 Å². The monoisotopic (exact) mass is 544 g/mol. The Balaban J connectivity index is 1.24. The molecule has 1 atom stereocenters. The Labute approximate surface area is 231 Å². The van der Waals surface area contributed by atoms with Crippen LogP contribution in [0, 0.1) is 5.41 Å². The van der Waals surface area contributed by atoms with Gasteiger partial charge in [0.15, 0.2) is 0 Å². The zero-order valence-electron chi connectivity index (χ0n) is 22.9. The van der Waals surface area contributed by atoms with Gasteiger partial charge in [0.05, 0.1) is 16.5 Å². The van der Waals surface area contributed by atoms with Gasteiger partial charge in [-0.05, 0) is 89.3 Å². The highest BCUT2D eigenvalue weighted by atomic mass is 35.5. The Hall–Kier alpha value is -2.32. The van der Waals surface area contributed by atoms with Gasteiger partial charge in [-0.25, -0.2) is 9.78 Å². The second-order valence-corrected chi connectivity index (χ2v) is 12.9. The van der Waals surface area contributed by atoms with E-state index in [0.717, 1.165) is 75.0 Å². The first kappa shape index (κ1) is 27.3. The van der Waals surface area contributed by atoms with Crippen molar-refractivity contribution in [2.75, 3.05) is 37.6 Å². The number of ether oxygens (including phenoxy) is 1. The van der Waals surface area contributed by atoms with Crippen LogP contribution in [0.1, 0.15) is 77.7 Å². The normalized spacial score (nSPS) is 28.6. The highest BCUT2D eigenvalue weighted by Gasteiger charge is 2.51. The Bertz CT molecular complexity index is 1090. The largest absolute Gasteiger partial charge is 0.444 e. The molecule has 0 radical (unpaired) electrons. The third-order valence-corrected chi connectivity index (χ3v) is 8.86. The van der Waals surface area contributed by atoms with E-state index in [9.17, 15) is 14.7 Å². The van der Waals surface area contributed by atoms with E-state index < -0.39 is 5.60 Å². The summed E-state index contributed by atoms with van der Waals surface area (Å²) in [6, 6.07) is 2.23. The molecule has 0 aromatic carbocycles. The van der Waals surface area contributed by atoms with Crippen LogP contribution in [0.15, 0.2) is 18.3 Å². The molecule has 1 aliphatic carbocycles. The molecule has 2 amide bonds. The van der Waals surface area contributed by atoms with Crippen LogP contribution in [0.2, 0.25) is 5.02 Å². The second kappa shape index (κ2) is 10.7. The van der Waals surface area contributed by atoms with Crippen LogP contribution >= 0.6 is 11.6 Å². The number of aliphatic hydroxyl groups is 1. The van der Waals surface area contributed by atoms with Gasteiger partial charge >= 0.3 is 6.09 Å². The molecule has 2 saturated heterocycles. The van der Waals surface area contributed by atoms with E-state index in [2.05, 4.69) is 9.80 Å². The number of rotatable bonds is 3. The topological polar surface area (TPSA) is 86.2 Å². The fourth-order valence-electron chi connectivity index (χ4n) is 6.52. The minimum absolute atomic E-state index is 0.215. The minimum atomic E-state index is -0.512. The maximum Gasteiger partial charge on any atom is 0.410 e. The highest BCUT2D eigenvalue weighted by molar-refractivity contribution is 6.33. The number of nitrogens with zero attached hydrogens (tertiary/aromatic N) is 4. The van der Waals surface area contributed by atoms with E-state index >= 15 is 0 Å². The highest BCUT2D eigenvalue weighted by Crippen LogP contribution is 2.44. The number of piperidine rings is 1. The molecule has 9 heteroatoms. The van der Waals surface area contributed by atoms with Gasteiger partial charge in [-0.1, -0.05) is 17.7 Å². The lowest BCUT2D eigenvalue weighted by molar-refractivity contribution is -0.139. The van der Waals surface area contributed by atoms with Crippen molar-refractivity contribution in [3.05, 3.63) is 28.9 Å². The number of pyridine rings is 1. The third kappa shape index (κ3) is 5.67. The maximum atomic E-state index is 13.7. The van der Waals surface area contributed by atoms with E-state index in [-0.39, 0.29) is 29.6 Å². The van der Waals surface area contributed by atoms with Crippen molar-refractivity contribution < 1.29 is 19.4 Å². The Kier molecular flexibility index (Phi) is 7.66. The molecule has 3 aliphatic heterocycles. The summed E-state index contributed by atoms with van der Waals surface area (Å²) in [7, 11) is 0. The molecule has 8 nitrogen and oxygen atoms in total. The van der Waals surface area contributed by atoms with E-state index in [0.29, 0.717) is 31.1 Å². The predicted molar refractivity (Wildman–Crippen MR) is 148 cm³/mol. The third-order valence-electron chi connectivity index (χ3n) is 8.58. The Morgan fingerprint density at radius 1 is 1.16 bits per heavy atom. The molecule has 1 unspecified atom stereocenters. The summed E-state index contributed by atoms with van der Waals surface area (Å²) in [5, 5.41) is 10.5. The first-order valence-corrected chi connectivity index (χ1v) is 14.5. The number of aliphatic hydroxyl groups excluding tert-OH is 1. The van der Waals surface area contributed by atoms with Gasteiger partial charge in [0.2, 0.25) is 5.91 Å². The van der Waals surface area contributed by atoms with Crippen molar-refractivity contribution in [1.82, 2.24) is 14.8 Å². The van der Waals surface area contributed by atoms with Gasteiger partial charge in [-0.3, -0.25) is 4.79 Å². The number of hydrogen-bond donors (Lipinski definition) is 1. The average molecular weight is 545 g/mol. The van der Waals surface area contributed by atoms with E-state index in [1.165, 1.54) is 0 Å². The van der Waals surface area contributed by atoms with Gasteiger partial charge in [-0.2, -0.15) is 0 Å². The Morgan fingerprint density at radius 2 is 1.92 bits per heavy atom. The molecule has 3 fully saturated rings. The van der Waals surface area contributed by atoms with Crippen LogP contribution in [0.25, 0.3) is 5.57 Å². The van der Waals surface area contributed by atoms with Gasteiger partial charge in [0.25, 0.3) is 0 Å². The van der Waals surface area contributed by atoms with Crippen LogP contribution in [-0.4, -0.2) is 82.4 Å². The predicted octanol–water partition coefficient (Wildman–Crippen LogP) is 4.88. The fraction of sp³-hybridized carbons (Fsp3) is 0.690. The van der Waals surface area contributed by atoms with Crippen molar-refractivity contribution in [3.63, 3.8) is 0 Å². The smallest absolute Gasteiger partial charge is 0.410 e. The van der Waals surface area contributed by atoms with E-state index in [1.807, 2.05) is 39.1 Å². The molecule has 1 N–H and O–H groups in total. The van der Waals surface area contributed by atoms with Crippen LogP contribution in [0.3, 0.4) is 0 Å². The number of anilines is 1. The number of carbonyl (C=O) groups excluding carboxylic acids is 2. The molecule has 38 heavy (non-hydrogen) atoms. The molecule has 4 heterocycles. The number of aromatic nitrogens is 1. The van der Waals surface area contributed by atoms with Crippen molar-refractivity contribution in [2.45, 2.75) is 89.9 Å². The van der Waals surface area contributed by atoms with Crippen LogP contribution in [-0.2, 0) is 9.53 Å². The molecule has 208 valence electrons. The first-order chi connectivity index (χ1) is 18.0. The zero-order chi connectivity index (χ0) is 27.1. The summed E-state index contributed by atoms with van der Waals surface area (Å²) in [6.07, 6.45) is 10.2. The molecule has 1 spiro atoms. The number of carbonyl (C=O) groups is 2. The van der Waals surface area contributed by atoms with E-state index in [4.69, 9.17) is 21.3 Å². The number of hydrogen-bond acceptors (Lipinski definition) is 6. The summed E-state index contributed by atoms with van der Waals surface area (Å²) >= 11 is 6.79. The van der Waals surface area contributed by atoms with Gasteiger partial charge in [-0.15, -0.1) is 0 Å². The number of likely N-dealkylation sites (tertiary alicyclic amines) is 1. The molecule has 1 aromatic heterocycles. The molecule has 5 rings (SSSR count). The lowest BCUT2D eigenvalue weighted by Gasteiger charge is -2.41. The van der Waals surface area contributed by atoms with Crippen molar-refractivity contribution in [1.29, 1.82) is 0 Å². The lowest BCUT2D eigenvalue weighted by atomic mass is 9.78. The lowest BCUT2D eigenvalue weighted by Crippen LogP contribution is -2.50. The quantitative estimate of drug-likeness (QED) is 0.583. The fourth-order valence-corrected chi connectivity index (χ4v) is 6.81. The molecular formula is C29H41ClN4O4. The number of amides is 2. The summed E-state index contributed by atoms with van der Waals surface area (Å²) in [4.78, 5) is 36.8. The van der Waals surface area contributed by atoms with Crippen LogP contribution in [0.4, 0.5) is 10.6 Å². The molecule has 4 aliphatic rings. The van der Waals surface area contributed by atoms with Crippen molar-refractivity contribution >= 4 is 35.0 Å². The number of halogens is 1. The van der Waals surface area contributed by atoms with Gasteiger partial charge < -0.3 is 24.5 Å². The van der Waals surface area contributed by atoms with Crippen molar-refractivity contribution in [2.24, 2.45) is 5.41 Å². The SMILES string of the molecule is CC(C)(C)OC(=O)N1CC=C(c2cnc(N3CCCC4(CCN(C5CCC(O)CC5)C4=O)C3)c(Cl)c2)CC1. The minimum Gasteiger partial charge on any atom is -0.444 e. The first-order valence-electron chi connectivity index (χ1n) is 14.1. The average Bonchev–Trinajstić information content (AvgIpc) is 3.18. The standard InChI is InChI=1S/C29H41ClN4O4/c1-28(2,3)38-27(37)32-14-9-20(10-15-32)21-17-24(30)25(31-18-21)33-13-4-11-29(19-33)12-16-34(26(29)36)22-5-7-23(35)8-6-22/h9,17-18,22-23,35H,4-8,10-16,19H2,1-3H3. The van der Waals surface area contributed by atoms with E-state index in [1.54, 1.807) is 4.90 Å². The van der Waals surface area contributed by atoms with Gasteiger partial charge in [0, 0.05) is 45.0 Å².